The number of rotatable bonds is 8. The number of amides is 1. The van der Waals surface area contributed by atoms with Crippen LogP contribution in [0, 0.1) is 5.82 Å². The minimum Gasteiger partial charge on any atom is -0.325 e. The molecule has 1 aliphatic heterocycles. The number of benzene rings is 3. The predicted octanol–water partition coefficient (Wildman–Crippen LogP) is 5.36. The highest BCUT2D eigenvalue weighted by Crippen LogP contribution is 2.33. The van der Waals surface area contributed by atoms with E-state index in [2.05, 4.69) is 15.5 Å². The van der Waals surface area contributed by atoms with Crippen molar-refractivity contribution >= 4 is 29.1 Å². The van der Waals surface area contributed by atoms with Crippen molar-refractivity contribution in [1.29, 1.82) is 0 Å². The molecule has 1 aliphatic rings. The Hall–Kier alpha value is -3.78. The average Bonchev–Trinajstić information content (AvgIpc) is 3.41. The number of carbonyl (C=O) groups is 2. The van der Waals surface area contributed by atoms with E-state index in [1.165, 1.54) is 17.8 Å². The van der Waals surface area contributed by atoms with Gasteiger partial charge >= 0.3 is 0 Å². The Bertz CT molecular complexity index is 1400. The Morgan fingerprint density at radius 2 is 1.83 bits per heavy atom. The van der Waals surface area contributed by atoms with Gasteiger partial charge in [-0.25, -0.2) is 4.39 Å². The van der Waals surface area contributed by atoms with Crippen LogP contribution in [-0.2, 0) is 17.8 Å². The molecular formula is C27H23FN4O2S. The van der Waals surface area contributed by atoms with Crippen molar-refractivity contribution in [2.45, 2.75) is 31.0 Å². The number of anilines is 1. The van der Waals surface area contributed by atoms with Gasteiger partial charge in [0.2, 0.25) is 5.91 Å². The Balaban J connectivity index is 1.38. The lowest BCUT2D eigenvalue weighted by Gasteiger charge is -2.11. The summed E-state index contributed by atoms with van der Waals surface area (Å²) in [5.74, 6) is -0.209. The molecule has 0 radical (unpaired) electrons. The third-order valence-corrected chi connectivity index (χ3v) is 7.09. The van der Waals surface area contributed by atoms with Gasteiger partial charge in [-0.3, -0.25) is 9.59 Å². The third-order valence-electron chi connectivity index (χ3n) is 6.12. The number of thioether (sulfide) groups is 1. The molecule has 0 saturated carbocycles. The standard InChI is InChI=1S/C27H23FN4O2S/c1-17-21-15-19(11-12-23(21)29-26(17)34)24(33)16-35-27-31-30-25(20-9-5-6-10-22(20)28)32(27)14-13-18-7-3-2-4-8-18/h2-12,15,17H,13-14,16H2,1H3,(H,29,34). The molecule has 0 spiro atoms. The van der Waals surface area contributed by atoms with Crippen LogP contribution >= 0.6 is 11.8 Å². The van der Waals surface area contributed by atoms with E-state index in [0.29, 0.717) is 35.1 Å². The fourth-order valence-corrected chi connectivity index (χ4v) is 4.99. The molecule has 1 unspecified atom stereocenters. The normalized spacial score (nSPS) is 14.6. The second kappa shape index (κ2) is 9.84. The number of hydrogen-bond acceptors (Lipinski definition) is 5. The Kier molecular flexibility index (Phi) is 6.46. The number of aromatic nitrogens is 3. The largest absolute Gasteiger partial charge is 0.325 e. The van der Waals surface area contributed by atoms with Crippen molar-refractivity contribution in [2.75, 3.05) is 11.1 Å². The summed E-state index contributed by atoms with van der Waals surface area (Å²) in [6, 6.07) is 21.8. The summed E-state index contributed by atoms with van der Waals surface area (Å²) in [5, 5.41) is 11.9. The van der Waals surface area contributed by atoms with E-state index in [1.54, 1.807) is 36.4 Å². The molecule has 2 heterocycles. The van der Waals surface area contributed by atoms with E-state index >= 15 is 0 Å². The minimum atomic E-state index is -0.371. The Morgan fingerprint density at radius 1 is 1.06 bits per heavy atom. The number of Topliss-reactive ketones (excluding diaryl/α,β-unsaturated/α-hetero) is 1. The van der Waals surface area contributed by atoms with E-state index in [1.807, 2.05) is 41.8 Å². The summed E-state index contributed by atoms with van der Waals surface area (Å²) < 4.78 is 16.4. The second-order valence-electron chi connectivity index (χ2n) is 8.40. The van der Waals surface area contributed by atoms with Crippen molar-refractivity contribution in [3.63, 3.8) is 0 Å². The summed E-state index contributed by atoms with van der Waals surface area (Å²) in [6.07, 6.45) is 0.714. The molecule has 1 amide bonds. The maximum atomic E-state index is 14.6. The van der Waals surface area contributed by atoms with Gasteiger partial charge in [0, 0.05) is 17.8 Å². The summed E-state index contributed by atoms with van der Waals surface area (Å²) >= 11 is 1.28. The summed E-state index contributed by atoms with van der Waals surface area (Å²) in [6.45, 7) is 2.37. The maximum absolute atomic E-state index is 14.6. The van der Waals surface area contributed by atoms with Crippen LogP contribution < -0.4 is 5.32 Å². The molecule has 1 aromatic heterocycles. The van der Waals surface area contributed by atoms with Crippen LogP contribution in [0.25, 0.3) is 11.4 Å². The van der Waals surface area contributed by atoms with Gasteiger partial charge in [0.1, 0.15) is 5.82 Å². The van der Waals surface area contributed by atoms with E-state index in [9.17, 15) is 14.0 Å². The Labute approximate surface area is 206 Å². The first-order chi connectivity index (χ1) is 17.0. The van der Waals surface area contributed by atoms with Crippen LogP contribution in [0.3, 0.4) is 0 Å². The van der Waals surface area contributed by atoms with Gasteiger partial charge in [-0.05, 0) is 54.8 Å². The zero-order valence-electron chi connectivity index (χ0n) is 19.1. The van der Waals surface area contributed by atoms with Crippen molar-refractivity contribution in [2.24, 2.45) is 0 Å². The number of halogens is 1. The highest BCUT2D eigenvalue weighted by Gasteiger charge is 2.27. The van der Waals surface area contributed by atoms with Crippen LogP contribution in [0.2, 0.25) is 0 Å². The average molecular weight is 487 g/mol. The van der Waals surface area contributed by atoms with Crippen LogP contribution in [0.15, 0.2) is 78.0 Å². The number of ketones is 1. The fraction of sp³-hybridized carbons (Fsp3) is 0.185. The van der Waals surface area contributed by atoms with Crippen molar-refractivity contribution in [3.8, 4) is 11.4 Å². The smallest absolute Gasteiger partial charge is 0.231 e. The zero-order valence-corrected chi connectivity index (χ0v) is 19.9. The molecule has 5 rings (SSSR count). The van der Waals surface area contributed by atoms with Crippen molar-refractivity contribution in [3.05, 3.63) is 95.3 Å². The first-order valence-electron chi connectivity index (χ1n) is 11.3. The molecule has 3 aromatic carbocycles. The molecule has 176 valence electrons. The topological polar surface area (TPSA) is 76.9 Å². The van der Waals surface area contributed by atoms with Crippen LogP contribution in [0.4, 0.5) is 10.1 Å². The first-order valence-corrected chi connectivity index (χ1v) is 12.3. The highest BCUT2D eigenvalue weighted by atomic mass is 32.2. The number of fused-ring (bicyclic) bond motifs is 1. The second-order valence-corrected chi connectivity index (χ2v) is 9.34. The molecular weight excluding hydrogens is 463 g/mol. The molecule has 1 atom stereocenters. The van der Waals surface area contributed by atoms with Gasteiger partial charge in [0.05, 0.1) is 17.2 Å². The maximum Gasteiger partial charge on any atom is 0.231 e. The lowest BCUT2D eigenvalue weighted by Crippen LogP contribution is -2.09. The highest BCUT2D eigenvalue weighted by molar-refractivity contribution is 7.99. The quantitative estimate of drug-likeness (QED) is 0.268. The third kappa shape index (κ3) is 4.74. The molecule has 8 heteroatoms. The number of nitrogens with one attached hydrogen (secondary N) is 1. The number of hydrogen-bond donors (Lipinski definition) is 1. The number of aryl methyl sites for hydroxylation is 1. The van der Waals surface area contributed by atoms with Gasteiger partial charge in [-0.1, -0.05) is 54.2 Å². The summed E-state index contributed by atoms with van der Waals surface area (Å²) in [7, 11) is 0. The molecule has 0 fully saturated rings. The molecule has 6 nitrogen and oxygen atoms in total. The van der Waals surface area contributed by atoms with Gasteiger partial charge in [-0.2, -0.15) is 0 Å². The fourth-order valence-electron chi connectivity index (χ4n) is 4.13. The first kappa shape index (κ1) is 23.0. The molecule has 1 N–H and O–H groups in total. The van der Waals surface area contributed by atoms with E-state index in [4.69, 9.17) is 0 Å². The van der Waals surface area contributed by atoms with E-state index in [0.717, 1.165) is 16.8 Å². The summed E-state index contributed by atoms with van der Waals surface area (Å²) in [4.78, 5) is 24.9. The van der Waals surface area contributed by atoms with Gasteiger partial charge in [-0.15, -0.1) is 10.2 Å². The van der Waals surface area contributed by atoms with Gasteiger partial charge < -0.3 is 9.88 Å². The van der Waals surface area contributed by atoms with Gasteiger partial charge in [0.25, 0.3) is 0 Å². The van der Waals surface area contributed by atoms with Crippen LogP contribution in [0.5, 0.6) is 0 Å². The zero-order chi connectivity index (χ0) is 24.4. The molecule has 0 aliphatic carbocycles. The molecule has 4 aromatic rings. The Morgan fingerprint density at radius 3 is 2.63 bits per heavy atom. The lowest BCUT2D eigenvalue weighted by molar-refractivity contribution is -0.116. The van der Waals surface area contributed by atoms with E-state index < -0.39 is 0 Å². The SMILES string of the molecule is CC1C(=O)Nc2ccc(C(=O)CSc3nnc(-c4ccccc4F)n3CCc3ccccc3)cc21. The summed E-state index contributed by atoms with van der Waals surface area (Å²) in [5.41, 5.74) is 3.64. The molecule has 0 saturated heterocycles. The van der Waals surface area contributed by atoms with E-state index in [-0.39, 0.29) is 29.2 Å². The lowest BCUT2D eigenvalue weighted by atomic mass is 9.99. The van der Waals surface area contributed by atoms with Gasteiger partial charge in [0.15, 0.2) is 16.8 Å². The number of carbonyl (C=O) groups excluding carboxylic acids is 2. The number of nitrogens with zero attached hydrogens (tertiary/aromatic N) is 3. The van der Waals surface area contributed by atoms with Crippen molar-refractivity contribution in [1.82, 2.24) is 14.8 Å². The van der Waals surface area contributed by atoms with Crippen LogP contribution in [0.1, 0.15) is 34.3 Å². The monoisotopic (exact) mass is 486 g/mol. The molecule has 0 bridgehead atoms. The molecule has 35 heavy (non-hydrogen) atoms. The van der Waals surface area contributed by atoms with Crippen molar-refractivity contribution < 1.29 is 14.0 Å². The van der Waals surface area contributed by atoms with Crippen LogP contribution in [-0.4, -0.2) is 32.2 Å². The minimum absolute atomic E-state index is 0.0637. The predicted molar refractivity (Wildman–Crippen MR) is 134 cm³/mol.